The van der Waals surface area contributed by atoms with Gasteiger partial charge in [0.05, 0.1) is 13.7 Å². The van der Waals surface area contributed by atoms with Gasteiger partial charge in [-0.1, -0.05) is 13.8 Å². The van der Waals surface area contributed by atoms with E-state index in [1.165, 1.54) is 12.0 Å². The van der Waals surface area contributed by atoms with Crippen molar-refractivity contribution in [1.82, 2.24) is 4.90 Å². The van der Waals surface area contributed by atoms with E-state index in [1.54, 1.807) is 25.1 Å². The SMILES string of the molecule is COc1cc(C(=O)N2CCCC2(C)C(=O)O)ccc1OCCC(C)C. The van der Waals surface area contributed by atoms with Crippen LogP contribution in [0.3, 0.4) is 0 Å². The molecule has 1 N–H and O–H groups in total. The summed E-state index contributed by atoms with van der Waals surface area (Å²) in [6.45, 7) is 6.86. The van der Waals surface area contributed by atoms with E-state index >= 15 is 0 Å². The number of ether oxygens (including phenoxy) is 2. The van der Waals surface area contributed by atoms with Crippen LogP contribution in [0.5, 0.6) is 11.5 Å². The van der Waals surface area contributed by atoms with Crippen LogP contribution in [-0.2, 0) is 4.79 Å². The van der Waals surface area contributed by atoms with Crippen molar-refractivity contribution in [2.45, 2.75) is 45.6 Å². The number of carbonyl (C=O) groups is 2. The van der Waals surface area contributed by atoms with Crippen LogP contribution in [0.1, 0.15) is 50.4 Å². The Morgan fingerprint density at radius 3 is 2.64 bits per heavy atom. The molecule has 1 saturated heterocycles. The Balaban J connectivity index is 2.19. The maximum atomic E-state index is 12.8. The largest absolute Gasteiger partial charge is 0.493 e. The van der Waals surface area contributed by atoms with E-state index in [1.807, 2.05) is 0 Å². The first-order valence-electron chi connectivity index (χ1n) is 8.66. The van der Waals surface area contributed by atoms with Gasteiger partial charge in [-0.2, -0.15) is 0 Å². The molecule has 1 aromatic rings. The Morgan fingerprint density at radius 1 is 1.32 bits per heavy atom. The molecule has 1 aromatic carbocycles. The van der Waals surface area contributed by atoms with Gasteiger partial charge < -0.3 is 19.5 Å². The standard InChI is InChI=1S/C19H27NO5/c1-13(2)8-11-25-15-7-6-14(12-16(15)24-4)17(21)20-10-5-9-19(20,3)18(22)23/h6-7,12-13H,5,8-11H2,1-4H3,(H,22,23). The van der Waals surface area contributed by atoms with E-state index in [-0.39, 0.29) is 5.91 Å². The second-order valence-corrected chi connectivity index (χ2v) is 7.04. The molecule has 1 fully saturated rings. The molecule has 1 heterocycles. The van der Waals surface area contributed by atoms with Crippen LogP contribution in [0.25, 0.3) is 0 Å². The summed E-state index contributed by atoms with van der Waals surface area (Å²) in [6.07, 6.45) is 2.07. The number of likely N-dealkylation sites (tertiary alicyclic amines) is 1. The number of methoxy groups -OCH3 is 1. The molecule has 6 heteroatoms. The summed E-state index contributed by atoms with van der Waals surface area (Å²) in [6, 6.07) is 4.99. The molecule has 0 aromatic heterocycles. The number of carbonyl (C=O) groups excluding carboxylic acids is 1. The van der Waals surface area contributed by atoms with Gasteiger partial charge in [0.2, 0.25) is 0 Å². The molecule has 0 saturated carbocycles. The lowest BCUT2D eigenvalue weighted by Crippen LogP contribution is -2.50. The Morgan fingerprint density at radius 2 is 2.04 bits per heavy atom. The zero-order valence-corrected chi connectivity index (χ0v) is 15.4. The summed E-state index contributed by atoms with van der Waals surface area (Å²) in [7, 11) is 1.52. The van der Waals surface area contributed by atoms with Crippen LogP contribution in [0.4, 0.5) is 0 Å². The van der Waals surface area contributed by atoms with Crippen molar-refractivity contribution >= 4 is 11.9 Å². The van der Waals surface area contributed by atoms with Gasteiger partial charge in [-0.3, -0.25) is 4.79 Å². The van der Waals surface area contributed by atoms with Gasteiger partial charge in [-0.05, 0) is 50.3 Å². The summed E-state index contributed by atoms with van der Waals surface area (Å²) in [5, 5.41) is 9.49. The zero-order chi connectivity index (χ0) is 18.6. The molecule has 1 unspecified atom stereocenters. The monoisotopic (exact) mass is 349 g/mol. The Kier molecular flexibility index (Phi) is 5.93. The molecule has 0 bridgehead atoms. The van der Waals surface area contributed by atoms with Crippen LogP contribution in [-0.4, -0.2) is 47.7 Å². The topological polar surface area (TPSA) is 76.1 Å². The average molecular weight is 349 g/mol. The van der Waals surface area contributed by atoms with E-state index < -0.39 is 11.5 Å². The maximum Gasteiger partial charge on any atom is 0.329 e. The number of aliphatic carboxylic acids is 1. The third-order valence-corrected chi connectivity index (χ3v) is 4.71. The number of hydrogen-bond donors (Lipinski definition) is 1. The molecular formula is C19H27NO5. The smallest absolute Gasteiger partial charge is 0.329 e. The number of carboxylic acid groups (broad SMARTS) is 1. The van der Waals surface area contributed by atoms with Gasteiger partial charge in [0.15, 0.2) is 11.5 Å². The van der Waals surface area contributed by atoms with Gasteiger partial charge in [-0.25, -0.2) is 4.79 Å². The summed E-state index contributed by atoms with van der Waals surface area (Å²) in [4.78, 5) is 25.8. The Labute approximate surface area is 148 Å². The molecule has 0 radical (unpaired) electrons. The quantitative estimate of drug-likeness (QED) is 0.818. The highest BCUT2D eigenvalue weighted by atomic mass is 16.5. The minimum Gasteiger partial charge on any atom is -0.493 e. The number of amides is 1. The maximum absolute atomic E-state index is 12.8. The summed E-state index contributed by atoms with van der Waals surface area (Å²) in [5.41, 5.74) is -0.751. The lowest BCUT2D eigenvalue weighted by molar-refractivity contribution is -0.147. The van der Waals surface area contributed by atoms with Crippen LogP contribution < -0.4 is 9.47 Å². The molecule has 1 aliphatic heterocycles. The number of carboxylic acids is 1. The zero-order valence-electron chi connectivity index (χ0n) is 15.4. The van der Waals surface area contributed by atoms with Crippen molar-refractivity contribution in [3.8, 4) is 11.5 Å². The first-order valence-corrected chi connectivity index (χ1v) is 8.66. The van der Waals surface area contributed by atoms with Gasteiger partial charge >= 0.3 is 5.97 Å². The predicted molar refractivity (Wildman–Crippen MR) is 94.3 cm³/mol. The van der Waals surface area contributed by atoms with E-state index in [0.717, 1.165) is 6.42 Å². The molecule has 1 amide bonds. The minimum absolute atomic E-state index is 0.297. The van der Waals surface area contributed by atoms with Gasteiger partial charge in [-0.15, -0.1) is 0 Å². The summed E-state index contributed by atoms with van der Waals surface area (Å²) in [5.74, 6) is 0.331. The fraction of sp³-hybridized carbons (Fsp3) is 0.579. The third-order valence-electron chi connectivity index (χ3n) is 4.71. The number of rotatable bonds is 7. The van der Waals surface area contributed by atoms with E-state index in [9.17, 15) is 14.7 Å². The van der Waals surface area contributed by atoms with E-state index in [2.05, 4.69) is 13.8 Å². The Bertz CT molecular complexity index is 643. The fourth-order valence-electron chi connectivity index (χ4n) is 2.99. The second kappa shape index (κ2) is 7.76. The summed E-state index contributed by atoms with van der Waals surface area (Å²) >= 11 is 0. The van der Waals surface area contributed by atoms with E-state index in [0.29, 0.717) is 49.0 Å². The van der Waals surface area contributed by atoms with Crippen molar-refractivity contribution < 1.29 is 24.2 Å². The Hall–Kier alpha value is -2.24. The van der Waals surface area contributed by atoms with E-state index in [4.69, 9.17) is 9.47 Å². The molecule has 0 aliphatic carbocycles. The number of hydrogen-bond acceptors (Lipinski definition) is 4. The summed E-state index contributed by atoms with van der Waals surface area (Å²) < 4.78 is 11.1. The molecule has 1 aliphatic rings. The molecule has 1 atom stereocenters. The van der Waals surface area contributed by atoms with Crippen molar-refractivity contribution in [3.05, 3.63) is 23.8 Å². The second-order valence-electron chi connectivity index (χ2n) is 7.04. The first kappa shape index (κ1) is 19.1. The van der Waals surface area contributed by atoms with Gasteiger partial charge in [0.25, 0.3) is 5.91 Å². The van der Waals surface area contributed by atoms with Gasteiger partial charge in [0, 0.05) is 12.1 Å². The third kappa shape index (κ3) is 4.06. The fourth-order valence-corrected chi connectivity index (χ4v) is 2.99. The molecule has 2 rings (SSSR count). The molecule has 25 heavy (non-hydrogen) atoms. The highest BCUT2D eigenvalue weighted by molar-refractivity contribution is 5.98. The minimum atomic E-state index is -1.16. The lowest BCUT2D eigenvalue weighted by atomic mass is 9.98. The molecular weight excluding hydrogens is 322 g/mol. The highest BCUT2D eigenvalue weighted by Crippen LogP contribution is 2.33. The molecule has 0 spiro atoms. The van der Waals surface area contributed by atoms with Crippen LogP contribution in [0.15, 0.2) is 18.2 Å². The first-order chi connectivity index (χ1) is 11.8. The van der Waals surface area contributed by atoms with Crippen molar-refractivity contribution in [3.63, 3.8) is 0 Å². The normalized spacial score (nSPS) is 20.0. The lowest BCUT2D eigenvalue weighted by Gasteiger charge is -2.31. The average Bonchev–Trinajstić information content (AvgIpc) is 2.97. The van der Waals surface area contributed by atoms with Crippen LogP contribution in [0.2, 0.25) is 0 Å². The van der Waals surface area contributed by atoms with Crippen molar-refractivity contribution in [2.75, 3.05) is 20.3 Å². The van der Waals surface area contributed by atoms with Crippen molar-refractivity contribution in [2.24, 2.45) is 5.92 Å². The van der Waals surface area contributed by atoms with Crippen molar-refractivity contribution in [1.29, 1.82) is 0 Å². The highest BCUT2D eigenvalue weighted by Gasteiger charge is 2.46. The molecule has 138 valence electrons. The number of nitrogens with zero attached hydrogens (tertiary/aromatic N) is 1. The number of benzene rings is 1. The van der Waals surface area contributed by atoms with Crippen LogP contribution >= 0.6 is 0 Å². The van der Waals surface area contributed by atoms with Crippen LogP contribution in [0, 0.1) is 5.92 Å². The molecule has 6 nitrogen and oxygen atoms in total. The predicted octanol–water partition coefficient (Wildman–Crippen LogP) is 3.20. The van der Waals surface area contributed by atoms with Gasteiger partial charge in [0.1, 0.15) is 5.54 Å².